The molecule has 0 aliphatic rings. The van der Waals surface area contributed by atoms with E-state index >= 15 is 0 Å². The minimum atomic E-state index is 0.862. The fraction of sp³-hybridized carbons (Fsp3) is 0. The normalized spacial score (nSPS) is 11.5. The largest absolute Gasteiger partial charge is 0.454 e. The molecule has 2 nitrogen and oxygen atoms in total. The van der Waals surface area contributed by atoms with E-state index < -0.39 is 0 Å². The number of hydrogen-bond donors (Lipinski definition) is 0. The van der Waals surface area contributed by atoms with Crippen LogP contribution < -0.4 is 4.90 Å². The van der Waals surface area contributed by atoms with Crippen molar-refractivity contribution < 1.29 is 4.42 Å². The topological polar surface area (TPSA) is 16.4 Å². The van der Waals surface area contributed by atoms with Crippen molar-refractivity contribution in [1.82, 2.24) is 0 Å². The molecule has 0 saturated carbocycles. The van der Waals surface area contributed by atoms with Gasteiger partial charge in [0.1, 0.15) is 5.58 Å². The number of anilines is 3. The van der Waals surface area contributed by atoms with Crippen molar-refractivity contribution >= 4 is 60.5 Å². The van der Waals surface area contributed by atoms with E-state index in [1.54, 1.807) is 0 Å². The maximum atomic E-state index is 6.82. The molecular formula is C50H33NO. The van der Waals surface area contributed by atoms with Crippen LogP contribution in [-0.2, 0) is 0 Å². The highest BCUT2D eigenvalue weighted by molar-refractivity contribution is 6.21. The van der Waals surface area contributed by atoms with Crippen LogP contribution in [-0.4, -0.2) is 0 Å². The number of hydrogen-bond acceptors (Lipinski definition) is 2. The molecule has 0 spiro atoms. The minimum absolute atomic E-state index is 0.862. The lowest BCUT2D eigenvalue weighted by molar-refractivity contribution is 0.669. The molecule has 2 heteroatoms. The van der Waals surface area contributed by atoms with Crippen LogP contribution in [0, 0.1) is 0 Å². The van der Waals surface area contributed by atoms with Crippen LogP contribution in [0.25, 0.3) is 76.9 Å². The van der Waals surface area contributed by atoms with Gasteiger partial charge in [0.05, 0.1) is 5.69 Å². The second-order valence-electron chi connectivity index (χ2n) is 13.3. The first-order chi connectivity index (χ1) is 25.8. The first-order valence-corrected chi connectivity index (χ1v) is 17.8. The van der Waals surface area contributed by atoms with Gasteiger partial charge in [-0.15, -0.1) is 0 Å². The summed E-state index contributed by atoms with van der Waals surface area (Å²) in [4.78, 5) is 2.35. The van der Waals surface area contributed by atoms with Crippen molar-refractivity contribution in [3.63, 3.8) is 0 Å². The van der Waals surface area contributed by atoms with E-state index in [2.05, 4.69) is 205 Å². The SMILES string of the molecule is c1ccc(-c2ccc(N(c3ccc(-c4ccc5ccccc5c4)cc3)c3cccc4c3oc3ccc5ccccc5c34)cc2-c2ccccc2)cc1. The van der Waals surface area contributed by atoms with Crippen LogP contribution in [0.3, 0.4) is 0 Å². The quantitative estimate of drug-likeness (QED) is 0.176. The number of rotatable bonds is 6. The van der Waals surface area contributed by atoms with Crippen LogP contribution in [0.2, 0.25) is 0 Å². The average Bonchev–Trinajstić information content (AvgIpc) is 3.62. The molecule has 52 heavy (non-hydrogen) atoms. The van der Waals surface area contributed by atoms with Gasteiger partial charge >= 0.3 is 0 Å². The highest BCUT2D eigenvalue weighted by atomic mass is 16.3. The Morgan fingerprint density at radius 3 is 1.75 bits per heavy atom. The van der Waals surface area contributed by atoms with Gasteiger partial charge in [0.2, 0.25) is 0 Å². The number of para-hydroxylation sites is 1. The Morgan fingerprint density at radius 1 is 0.346 bits per heavy atom. The molecule has 9 aromatic carbocycles. The molecule has 1 aromatic heterocycles. The molecule has 0 aliphatic carbocycles. The standard InChI is InChI=1S/C50H33NO/c1-3-13-36(14-4-1)43-30-29-42(33-46(43)37-15-5-2-6-16-37)51(41-27-24-35(25-28-41)40-23-22-34-12-7-8-18-39(34)32-40)47-21-11-20-45-49-44-19-10-9-17-38(44)26-31-48(49)52-50(45)47/h1-33H. The Morgan fingerprint density at radius 2 is 0.962 bits per heavy atom. The molecule has 0 N–H and O–H groups in total. The summed E-state index contributed by atoms with van der Waals surface area (Å²) in [5, 5.41) is 7.13. The molecular weight excluding hydrogens is 631 g/mol. The molecule has 244 valence electrons. The van der Waals surface area contributed by atoms with Gasteiger partial charge in [0.15, 0.2) is 5.58 Å². The summed E-state index contributed by atoms with van der Waals surface area (Å²) in [6, 6.07) is 71.6. The second-order valence-corrected chi connectivity index (χ2v) is 13.3. The van der Waals surface area contributed by atoms with Crippen LogP contribution >= 0.6 is 0 Å². The van der Waals surface area contributed by atoms with E-state index in [0.29, 0.717) is 0 Å². The highest BCUT2D eigenvalue weighted by Crippen LogP contribution is 2.46. The summed E-state index contributed by atoms with van der Waals surface area (Å²) in [7, 11) is 0. The van der Waals surface area contributed by atoms with Crippen molar-refractivity contribution in [3.05, 3.63) is 200 Å². The van der Waals surface area contributed by atoms with Gasteiger partial charge < -0.3 is 9.32 Å². The number of nitrogens with zero attached hydrogens (tertiary/aromatic N) is 1. The molecule has 0 saturated heterocycles. The Kier molecular flexibility index (Phi) is 7.18. The maximum Gasteiger partial charge on any atom is 0.159 e. The van der Waals surface area contributed by atoms with Gasteiger partial charge in [-0.25, -0.2) is 0 Å². The van der Waals surface area contributed by atoms with Crippen molar-refractivity contribution in [1.29, 1.82) is 0 Å². The zero-order chi connectivity index (χ0) is 34.4. The van der Waals surface area contributed by atoms with Crippen molar-refractivity contribution in [3.8, 4) is 33.4 Å². The molecule has 0 atom stereocenters. The van der Waals surface area contributed by atoms with E-state index in [0.717, 1.165) is 39.0 Å². The van der Waals surface area contributed by atoms with Crippen LogP contribution in [0.5, 0.6) is 0 Å². The van der Waals surface area contributed by atoms with Gasteiger partial charge in [-0.1, -0.05) is 158 Å². The Balaban J connectivity index is 1.19. The zero-order valence-corrected chi connectivity index (χ0v) is 28.4. The zero-order valence-electron chi connectivity index (χ0n) is 28.4. The Bertz CT molecular complexity index is 2890. The lowest BCUT2D eigenvalue weighted by Crippen LogP contribution is -2.10. The summed E-state index contributed by atoms with van der Waals surface area (Å²) in [5.74, 6) is 0. The van der Waals surface area contributed by atoms with Crippen molar-refractivity contribution in [2.75, 3.05) is 4.90 Å². The lowest BCUT2D eigenvalue weighted by atomic mass is 9.93. The molecule has 0 bridgehead atoms. The second kappa shape index (κ2) is 12.5. The van der Waals surface area contributed by atoms with E-state index in [1.165, 1.54) is 54.9 Å². The third-order valence-corrected chi connectivity index (χ3v) is 10.2. The maximum absolute atomic E-state index is 6.82. The Hall–Kier alpha value is -6.90. The van der Waals surface area contributed by atoms with Crippen LogP contribution in [0.1, 0.15) is 0 Å². The molecule has 0 fully saturated rings. The highest BCUT2D eigenvalue weighted by Gasteiger charge is 2.22. The lowest BCUT2D eigenvalue weighted by Gasteiger charge is -2.27. The molecule has 10 rings (SSSR count). The van der Waals surface area contributed by atoms with Gasteiger partial charge in [-0.2, -0.15) is 0 Å². The van der Waals surface area contributed by atoms with Crippen molar-refractivity contribution in [2.24, 2.45) is 0 Å². The molecule has 1 heterocycles. The molecule has 0 aliphatic heterocycles. The summed E-state index contributed by atoms with van der Waals surface area (Å²) >= 11 is 0. The van der Waals surface area contributed by atoms with E-state index in [4.69, 9.17) is 4.42 Å². The number of benzene rings is 9. The summed E-state index contributed by atoms with van der Waals surface area (Å²) < 4.78 is 6.82. The monoisotopic (exact) mass is 663 g/mol. The van der Waals surface area contributed by atoms with E-state index in [1.807, 2.05) is 0 Å². The smallest absolute Gasteiger partial charge is 0.159 e. The first kappa shape index (κ1) is 30.0. The van der Waals surface area contributed by atoms with Crippen LogP contribution in [0.4, 0.5) is 17.1 Å². The Labute approximate surface area is 302 Å². The predicted molar refractivity (Wildman–Crippen MR) is 220 cm³/mol. The van der Waals surface area contributed by atoms with E-state index in [-0.39, 0.29) is 0 Å². The first-order valence-electron chi connectivity index (χ1n) is 17.8. The van der Waals surface area contributed by atoms with Gasteiger partial charge in [0.25, 0.3) is 0 Å². The molecule has 10 aromatic rings. The van der Waals surface area contributed by atoms with Gasteiger partial charge in [-0.05, 0) is 97.4 Å². The summed E-state index contributed by atoms with van der Waals surface area (Å²) in [6.45, 7) is 0. The fourth-order valence-corrected chi connectivity index (χ4v) is 7.73. The number of fused-ring (bicyclic) bond motifs is 6. The molecule has 0 unspecified atom stereocenters. The van der Waals surface area contributed by atoms with Crippen molar-refractivity contribution in [2.45, 2.75) is 0 Å². The predicted octanol–water partition coefficient (Wildman–Crippen LogP) is 14.4. The number of furan rings is 1. The molecule has 0 amide bonds. The van der Waals surface area contributed by atoms with E-state index in [9.17, 15) is 0 Å². The fourth-order valence-electron chi connectivity index (χ4n) is 7.73. The van der Waals surface area contributed by atoms with Gasteiger partial charge in [-0.3, -0.25) is 0 Å². The van der Waals surface area contributed by atoms with Crippen LogP contribution in [0.15, 0.2) is 205 Å². The average molecular weight is 664 g/mol. The third kappa shape index (κ3) is 5.12. The summed E-state index contributed by atoms with van der Waals surface area (Å²) in [6.07, 6.45) is 0. The third-order valence-electron chi connectivity index (χ3n) is 10.2. The minimum Gasteiger partial charge on any atom is -0.454 e. The summed E-state index contributed by atoms with van der Waals surface area (Å²) in [5.41, 5.74) is 11.9. The molecule has 0 radical (unpaired) electrons. The van der Waals surface area contributed by atoms with Gasteiger partial charge in [0, 0.05) is 22.1 Å².